The van der Waals surface area contributed by atoms with Crippen molar-refractivity contribution in [2.75, 3.05) is 42.4 Å². The molecule has 8 nitrogen and oxygen atoms in total. The van der Waals surface area contributed by atoms with E-state index in [9.17, 15) is 15.0 Å². The van der Waals surface area contributed by atoms with Crippen LogP contribution in [0.3, 0.4) is 0 Å². The number of aliphatic hydroxyl groups excluding tert-OH is 2. The van der Waals surface area contributed by atoms with E-state index >= 15 is 0 Å². The number of aromatic nitrogens is 2. The first-order valence-corrected chi connectivity index (χ1v) is 6.20. The fourth-order valence-electron chi connectivity index (χ4n) is 2.66. The molecular weight excluding hydrogens is 250 g/mol. The Hall–Kier alpha value is -1.80. The van der Waals surface area contributed by atoms with Gasteiger partial charge in [-0.15, -0.1) is 0 Å². The number of hydrogen-bond acceptors (Lipinski definition) is 7. The Kier molecular flexibility index (Phi) is 2.64. The molecule has 3 rings (SSSR count). The van der Waals surface area contributed by atoms with E-state index in [1.807, 2.05) is 4.90 Å². The van der Waals surface area contributed by atoms with Gasteiger partial charge in [0.2, 0.25) is 5.95 Å². The molecular formula is C11H17N5O3. The average molecular weight is 267 g/mol. The quantitative estimate of drug-likeness (QED) is 0.450. The van der Waals surface area contributed by atoms with Crippen molar-refractivity contribution >= 4 is 17.5 Å². The van der Waals surface area contributed by atoms with E-state index in [0.717, 1.165) is 6.42 Å². The number of nitrogen functional groups attached to an aromatic ring is 1. The highest BCUT2D eigenvalue weighted by Gasteiger charge is 2.54. The lowest BCUT2D eigenvalue weighted by molar-refractivity contribution is 0.122. The van der Waals surface area contributed by atoms with Gasteiger partial charge in [-0.25, -0.2) is 0 Å². The molecule has 0 radical (unpaired) electrons. The van der Waals surface area contributed by atoms with E-state index in [2.05, 4.69) is 15.3 Å². The van der Waals surface area contributed by atoms with Crippen LogP contribution in [0.4, 0.5) is 17.5 Å². The van der Waals surface area contributed by atoms with Crippen LogP contribution in [-0.4, -0.2) is 46.6 Å². The van der Waals surface area contributed by atoms with Crippen LogP contribution in [0.15, 0.2) is 4.79 Å². The van der Waals surface area contributed by atoms with Gasteiger partial charge in [-0.05, 0) is 12.3 Å². The molecule has 0 saturated heterocycles. The van der Waals surface area contributed by atoms with Crippen molar-refractivity contribution < 1.29 is 10.2 Å². The van der Waals surface area contributed by atoms with Gasteiger partial charge in [0.1, 0.15) is 5.69 Å². The second-order valence-corrected chi connectivity index (χ2v) is 5.29. The summed E-state index contributed by atoms with van der Waals surface area (Å²) < 4.78 is 0. The van der Waals surface area contributed by atoms with Crippen LogP contribution in [0.25, 0.3) is 0 Å². The second-order valence-electron chi connectivity index (χ2n) is 5.29. The Balaban J connectivity index is 1.79. The molecule has 6 N–H and O–H groups in total. The first kappa shape index (κ1) is 12.2. The van der Waals surface area contributed by atoms with Gasteiger partial charge in [0.15, 0.2) is 5.82 Å². The monoisotopic (exact) mass is 267 g/mol. The lowest BCUT2D eigenvalue weighted by Gasteiger charge is -2.19. The van der Waals surface area contributed by atoms with E-state index in [0.29, 0.717) is 24.7 Å². The number of anilines is 3. The predicted octanol–water partition coefficient (Wildman–Crippen LogP) is -1.47. The maximum atomic E-state index is 11.7. The van der Waals surface area contributed by atoms with Crippen LogP contribution in [-0.2, 0) is 0 Å². The summed E-state index contributed by atoms with van der Waals surface area (Å²) in [5.74, 6) is 0.833. The van der Waals surface area contributed by atoms with Gasteiger partial charge >= 0.3 is 0 Å². The van der Waals surface area contributed by atoms with E-state index in [1.165, 1.54) is 0 Å². The minimum atomic E-state index is -0.379. The highest BCUT2D eigenvalue weighted by atomic mass is 16.3. The normalized spacial score (nSPS) is 23.1. The number of hydrogen-bond donors (Lipinski definition) is 5. The summed E-state index contributed by atoms with van der Waals surface area (Å²) in [7, 11) is 0. The topological polar surface area (TPSA) is 128 Å². The first-order valence-electron chi connectivity index (χ1n) is 6.20. The average Bonchev–Trinajstić information content (AvgIpc) is 2.94. The van der Waals surface area contributed by atoms with Crippen LogP contribution < -0.4 is 21.5 Å². The minimum Gasteiger partial charge on any atom is -0.396 e. The zero-order valence-electron chi connectivity index (χ0n) is 10.4. The van der Waals surface area contributed by atoms with Gasteiger partial charge in [-0.1, -0.05) is 0 Å². The number of nitrogens with one attached hydrogen (secondary N) is 2. The Morgan fingerprint density at radius 1 is 1.47 bits per heavy atom. The molecule has 2 heterocycles. The predicted molar refractivity (Wildman–Crippen MR) is 69.8 cm³/mol. The van der Waals surface area contributed by atoms with Gasteiger partial charge in [-0.2, -0.15) is 4.98 Å². The second kappa shape index (κ2) is 4.10. The number of fused-ring (bicyclic) bond motifs is 1. The zero-order chi connectivity index (χ0) is 13.6. The van der Waals surface area contributed by atoms with Crippen LogP contribution >= 0.6 is 0 Å². The van der Waals surface area contributed by atoms with Crippen LogP contribution in [0, 0.1) is 11.3 Å². The molecule has 1 aliphatic heterocycles. The van der Waals surface area contributed by atoms with Gasteiger partial charge < -0.3 is 26.2 Å². The molecule has 19 heavy (non-hydrogen) atoms. The third-order valence-electron chi connectivity index (χ3n) is 4.09. The maximum absolute atomic E-state index is 11.7. The van der Waals surface area contributed by atoms with Crippen molar-refractivity contribution in [3.63, 3.8) is 0 Å². The van der Waals surface area contributed by atoms with E-state index in [4.69, 9.17) is 5.73 Å². The first-order chi connectivity index (χ1) is 9.09. The molecule has 0 aromatic carbocycles. The summed E-state index contributed by atoms with van der Waals surface area (Å²) in [6.07, 6.45) is 0.782. The Morgan fingerprint density at radius 2 is 2.21 bits per heavy atom. The molecule has 1 aliphatic carbocycles. The molecule has 0 amide bonds. The van der Waals surface area contributed by atoms with Crippen LogP contribution in [0.5, 0.6) is 0 Å². The number of aromatic amines is 1. The van der Waals surface area contributed by atoms with Gasteiger partial charge in [-0.3, -0.25) is 9.78 Å². The highest BCUT2D eigenvalue weighted by Crippen LogP contribution is 2.52. The molecule has 8 heteroatoms. The van der Waals surface area contributed by atoms with Crippen LogP contribution in [0.2, 0.25) is 0 Å². The standard InChI is InChI=1S/C11H17N5O3/c12-10-14-8-7(9(19)15-10)13-5-16(8)2-6-1-11(6,3-17)4-18/h6,13,17-18H,1-5H2,(H3,12,14,15,19). The van der Waals surface area contributed by atoms with E-state index in [1.54, 1.807) is 0 Å². The number of nitrogens with zero attached hydrogens (tertiary/aromatic N) is 2. The summed E-state index contributed by atoms with van der Waals surface area (Å²) in [5.41, 5.74) is 5.31. The Morgan fingerprint density at radius 3 is 2.84 bits per heavy atom. The fraction of sp³-hybridized carbons (Fsp3) is 0.636. The summed E-state index contributed by atoms with van der Waals surface area (Å²) >= 11 is 0. The molecule has 1 aromatic heterocycles. The van der Waals surface area contributed by atoms with Crippen LogP contribution in [0.1, 0.15) is 6.42 Å². The molecule has 1 fully saturated rings. The zero-order valence-corrected chi connectivity index (χ0v) is 10.4. The Bertz CT molecular complexity index is 554. The summed E-state index contributed by atoms with van der Waals surface area (Å²) in [6.45, 7) is 1.08. The number of aliphatic hydroxyl groups is 2. The minimum absolute atomic E-state index is 0.0206. The molecule has 1 aromatic rings. The molecule has 104 valence electrons. The highest BCUT2D eigenvalue weighted by molar-refractivity contribution is 5.70. The smallest absolute Gasteiger partial charge is 0.277 e. The number of nitrogens with two attached hydrogens (primary N) is 1. The van der Waals surface area contributed by atoms with Crippen molar-refractivity contribution in [2.24, 2.45) is 11.3 Å². The van der Waals surface area contributed by atoms with Crippen molar-refractivity contribution in [2.45, 2.75) is 6.42 Å². The van der Waals surface area contributed by atoms with Gasteiger partial charge in [0.25, 0.3) is 5.56 Å². The maximum Gasteiger partial charge on any atom is 0.277 e. The van der Waals surface area contributed by atoms with Crippen molar-refractivity contribution in [1.29, 1.82) is 0 Å². The third-order valence-corrected chi connectivity index (χ3v) is 4.09. The lowest BCUT2D eigenvalue weighted by atomic mass is 10.1. The van der Waals surface area contributed by atoms with E-state index < -0.39 is 0 Å². The van der Waals surface area contributed by atoms with Crippen molar-refractivity contribution in [1.82, 2.24) is 9.97 Å². The fourth-order valence-corrected chi connectivity index (χ4v) is 2.66. The molecule has 1 atom stereocenters. The lowest BCUT2D eigenvalue weighted by Crippen LogP contribution is -2.29. The molecule has 2 aliphatic rings. The van der Waals surface area contributed by atoms with E-state index in [-0.39, 0.29) is 36.1 Å². The van der Waals surface area contributed by atoms with Crippen molar-refractivity contribution in [3.05, 3.63) is 10.4 Å². The van der Waals surface area contributed by atoms with Gasteiger partial charge in [0.05, 0.1) is 19.9 Å². The largest absolute Gasteiger partial charge is 0.396 e. The molecule has 0 bridgehead atoms. The SMILES string of the molecule is Nc1nc2c(c(=O)[nH]1)NCN2CC1CC1(CO)CO. The van der Waals surface area contributed by atoms with Crippen molar-refractivity contribution in [3.8, 4) is 0 Å². The molecule has 1 saturated carbocycles. The summed E-state index contributed by atoms with van der Waals surface area (Å²) in [6, 6.07) is 0. The molecule has 0 spiro atoms. The summed E-state index contributed by atoms with van der Waals surface area (Å²) in [5, 5.41) is 21.6. The van der Waals surface area contributed by atoms with Gasteiger partial charge in [0, 0.05) is 12.0 Å². The molecule has 1 unspecified atom stereocenters. The number of H-pyrrole nitrogens is 1. The number of rotatable bonds is 4. The third kappa shape index (κ3) is 1.83. The Labute approximate surface area is 109 Å². The summed E-state index contributed by atoms with van der Waals surface area (Å²) in [4.78, 5) is 20.2.